The molecule has 1 saturated heterocycles. The van der Waals surface area contributed by atoms with Crippen LogP contribution >= 0.6 is 11.6 Å². The summed E-state index contributed by atoms with van der Waals surface area (Å²) in [5, 5.41) is 4.52. The van der Waals surface area contributed by atoms with Crippen LogP contribution in [0.4, 0.5) is 13.2 Å². The molecule has 1 amide bonds. The predicted octanol–water partition coefficient (Wildman–Crippen LogP) is 4.66. The van der Waals surface area contributed by atoms with E-state index in [0.717, 1.165) is 16.1 Å². The number of amides is 1. The number of hydrogen-bond donors (Lipinski definition) is 0. The van der Waals surface area contributed by atoms with Crippen LogP contribution in [-0.4, -0.2) is 38.5 Å². The first-order chi connectivity index (χ1) is 14.2. The highest BCUT2D eigenvalue weighted by atomic mass is 35.5. The Balaban J connectivity index is 1.57. The maximum Gasteiger partial charge on any atom is 0.433 e. The van der Waals surface area contributed by atoms with E-state index in [-0.39, 0.29) is 23.9 Å². The van der Waals surface area contributed by atoms with Crippen molar-refractivity contribution in [2.24, 2.45) is 0 Å². The smallest absolute Gasteiger partial charge is 0.342 e. The number of carbonyl (C=O) groups is 1. The van der Waals surface area contributed by atoms with Crippen molar-refractivity contribution in [3.8, 4) is 0 Å². The van der Waals surface area contributed by atoms with E-state index in [1.54, 1.807) is 36.1 Å². The van der Waals surface area contributed by atoms with Crippen molar-refractivity contribution < 1.29 is 18.0 Å². The number of alkyl halides is 3. The molecule has 9 heteroatoms. The lowest BCUT2D eigenvalue weighted by Crippen LogP contribution is -2.40. The van der Waals surface area contributed by atoms with Gasteiger partial charge < -0.3 is 4.90 Å². The van der Waals surface area contributed by atoms with Crippen molar-refractivity contribution in [2.45, 2.75) is 38.3 Å². The number of carbonyl (C=O) groups excluding carboxylic acids is 1. The fraction of sp³-hybridized carbons (Fsp3) is 0.381. The molecule has 5 nitrogen and oxygen atoms in total. The van der Waals surface area contributed by atoms with E-state index in [4.69, 9.17) is 11.6 Å². The van der Waals surface area contributed by atoms with Crippen LogP contribution < -0.4 is 0 Å². The summed E-state index contributed by atoms with van der Waals surface area (Å²) in [7, 11) is 0. The standard InChI is InChI=1S/C21H20ClF3N4O/c1-13-9-19-26-17(11-18(21(23,24)25)29(19)27-13)15-3-2-8-28(12-15)20(30)10-14-4-6-16(22)7-5-14/h4-7,9,11,15H,2-3,8,10,12H2,1H3. The summed E-state index contributed by atoms with van der Waals surface area (Å²) in [5.41, 5.74) is 0.981. The average molecular weight is 437 g/mol. The first-order valence-corrected chi connectivity index (χ1v) is 10.1. The van der Waals surface area contributed by atoms with Crippen molar-refractivity contribution in [3.05, 3.63) is 64.1 Å². The molecule has 1 atom stereocenters. The van der Waals surface area contributed by atoms with Gasteiger partial charge in [0.15, 0.2) is 5.65 Å². The van der Waals surface area contributed by atoms with E-state index in [9.17, 15) is 18.0 Å². The summed E-state index contributed by atoms with van der Waals surface area (Å²) in [5.74, 6) is -0.312. The van der Waals surface area contributed by atoms with Crippen molar-refractivity contribution in [1.29, 1.82) is 0 Å². The van der Waals surface area contributed by atoms with Gasteiger partial charge >= 0.3 is 6.18 Å². The Kier molecular flexibility index (Phi) is 5.44. The van der Waals surface area contributed by atoms with Gasteiger partial charge in [0, 0.05) is 35.8 Å². The number of nitrogens with zero attached hydrogens (tertiary/aromatic N) is 4. The molecule has 1 unspecified atom stereocenters. The van der Waals surface area contributed by atoms with E-state index in [2.05, 4.69) is 10.1 Å². The number of halogens is 4. The number of rotatable bonds is 3. The van der Waals surface area contributed by atoms with Crippen LogP contribution in [0.2, 0.25) is 5.02 Å². The zero-order valence-electron chi connectivity index (χ0n) is 16.3. The second-order valence-electron chi connectivity index (χ2n) is 7.60. The van der Waals surface area contributed by atoms with Gasteiger partial charge in [0.2, 0.25) is 5.91 Å². The molecule has 0 bridgehead atoms. The summed E-state index contributed by atoms with van der Waals surface area (Å²) in [4.78, 5) is 18.9. The molecule has 2 aromatic heterocycles. The Bertz CT molecular complexity index is 1080. The average Bonchev–Trinajstić information content (AvgIpc) is 3.08. The highest BCUT2D eigenvalue weighted by Gasteiger charge is 2.36. The molecule has 158 valence electrons. The first-order valence-electron chi connectivity index (χ1n) is 9.67. The van der Waals surface area contributed by atoms with E-state index in [1.807, 2.05) is 0 Å². The topological polar surface area (TPSA) is 50.5 Å². The Morgan fingerprint density at radius 2 is 1.97 bits per heavy atom. The van der Waals surface area contributed by atoms with Crippen LogP contribution in [0.3, 0.4) is 0 Å². The maximum absolute atomic E-state index is 13.6. The van der Waals surface area contributed by atoms with Crippen molar-refractivity contribution in [1.82, 2.24) is 19.5 Å². The largest absolute Gasteiger partial charge is 0.433 e. The minimum atomic E-state index is -4.55. The molecule has 0 spiro atoms. The van der Waals surface area contributed by atoms with Crippen LogP contribution in [0.15, 0.2) is 36.4 Å². The molecule has 1 aromatic carbocycles. The number of aryl methyl sites for hydroxylation is 1. The number of likely N-dealkylation sites (tertiary alicyclic amines) is 1. The first kappa shape index (κ1) is 20.7. The lowest BCUT2D eigenvalue weighted by atomic mass is 9.93. The summed E-state index contributed by atoms with van der Waals surface area (Å²) in [6.45, 7) is 2.56. The number of piperidine rings is 1. The lowest BCUT2D eigenvalue weighted by Gasteiger charge is -2.33. The van der Waals surface area contributed by atoms with Gasteiger partial charge in [-0.1, -0.05) is 23.7 Å². The lowest BCUT2D eigenvalue weighted by molar-refractivity contribution is -0.142. The molecule has 3 aromatic rings. The number of aromatic nitrogens is 3. The summed E-state index contributed by atoms with van der Waals surface area (Å²) in [6, 6.07) is 9.66. The maximum atomic E-state index is 13.6. The fourth-order valence-electron chi connectivity index (χ4n) is 3.85. The zero-order valence-corrected chi connectivity index (χ0v) is 17.0. The van der Waals surface area contributed by atoms with Crippen LogP contribution in [0.1, 0.15) is 41.4 Å². The molecule has 4 rings (SSSR count). The molecule has 1 aliphatic heterocycles. The molecule has 3 heterocycles. The Morgan fingerprint density at radius 3 is 2.67 bits per heavy atom. The third-order valence-electron chi connectivity index (χ3n) is 5.32. The zero-order chi connectivity index (χ0) is 21.5. The van der Waals surface area contributed by atoms with Crippen LogP contribution in [0, 0.1) is 6.92 Å². The molecule has 30 heavy (non-hydrogen) atoms. The van der Waals surface area contributed by atoms with Gasteiger partial charge in [0.05, 0.1) is 12.1 Å². The molecule has 0 radical (unpaired) electrons. The van der Waals surface area contributed by atoms with Crippen LogP contribution in [0.25, 0.3) is 5.65 Å². The Hall–Kier alpha value is -2.61. The number of fused-ring (bicyclic) bond motifs is 1. The van der Waals surface area contributed by atoms with Gasteiger partial charge in [-0.15, -0.1) is 0 Å². The second kappa shape index (κ2) is 7.91. The highest BCUT2D eigenvalue weighted by Crippen LogP contribution is 2.33. The number of hydrogen-bond acceptors (Lipinski definition) is 3. The molecule has 1 fully saturated rings. The Morgan fingerprint density at radius 1 is 1.23 bits per heavy atom. The highest BCUT2D eigenvalue weighted by molar-refractivity contribution is 6.30. The van der Waals surface area contributed by atoms with Crippen molar-refractivity contribution >= 4 is 23.2 Å². The minimum Gasteiger partial charge on any atom is -0.342 e. The van der Waals surface area contributed by atoms with Gasteiger partial charge in [-0.05, 0) is 43.5 Å². The van der Waals surface area contributed by atoms with Gasteiger partial charge in [-0.2, -0.15) is 18.3 Å². The van der Waals surface area contributed by atoms with Crippen molar-refractivity contribution in [3.63, 3.8) is 0 Å². The van der Waals surface area contributed by atoms with Gasteiger partial charge in [-0.25, -0.2) is 9.50 Å². The summed E-state index contributed by atoms with van der Waals surface area (Å²) < 4.78 is 41.6. The number of benzene rings is 1. The molecule has 0 saturated carbocycles. The van der Waals surface area contributed by atoms with Gasteiger partial charge in [0.25, 0.3) is 0 Å². The van der Waals surface area contributed by atoms with E-state index < -0.39 is 11.9 Å². The van der Waals surface area contributed by atoms with Crippen LogP contribution in [0.5, 0.6) is 0 Å². The molecular weight excluding hydrogens is 417 g/mol. The third-order valence-corrected chi connectivity index (χ3v) is 5.57. The van der Waals surface area contributed by atoms with Crippen molar-refractivity contribution in [2.75, 3.05) is 13.1 Å². The van der Waals surface area contributed by atoms with E-state index >= 15 is 0 Å². The monoisotopic (exact) mass is 436 g/mol. The normalized spacial score (nSPS) is 17.5. The quantitative estimate of drug-likeness (QED) is 0.600. The van der Waals surface area contributed by atoms with Gasteiger partial charge in [0.1, 0.15) is 5.69 Å². The molecular formula is C21H20ClF3N4O. The second-order valence-corrected chi connectivity index (χ2v) is 8.04. The molecule has 0 aliphatic carbocycles. The molecule has 1 aliphatic rings. The molecule has 0 N–H and O–H groups in total. The SMILES string of the molecule is Cc1cc2nc(C3CCCN(C(=O)Cc4ccc(Cl)cc4)C3)cc(C(F)(F)F)n2n1. The summed E-state index contributed by atoms with van der Waals surface area (Å²) >= 11 is 5.88. The van der Waals surface area contributed by atoms with Gasteiger partial charge in [-0.3, -0.25) is 4.79 Å². The summed E-state index contributed by atoms with van der Waals surface area (Å²) in [6.07, 6.45) is -2.93. The Labute approximate surface area is 176 Å². The van der Waals surface area contributed by atoms with E-state index in [1.165, 1.54) is 6.07 Å². The van der Waals surface area contributed by atoms with Crippen LogP contribution in [-0.2, 0) is 17.4 Å². The third kappa shape index (κ3) is 4.28. The van der Waals surface area contributed by atoms with E-state index in [0.29, 0.717) is 42.3 Å². The minimum absolute atomic E-state index is 0.0562. The predicted molar refractivity (Wildman–Crippen MR) is 106 cm³/mol. The fourth-order valence-corrected chi connectivity index (χ4v) is 3.98.